The van der Waals surface area contributed by atoms with Gasteiger partial charge in [0.15, 0.2) is 0 Å². The number of hydrogen-bond donors (Lipinski definition) is 0. The summed E-state index contributed by atoms with van der Waals surface area (Å²) in [5, 5.41) is 21.5. The molecule has 4 aromatic rings. The molecule has 0 amide bonds. The summed E-state index contributed by atoms with van der Waals surface area (Å²) < 4.78 is 5.27. The van der Waals surface area contributed by atoms with E-state index in [-0.39, 0.29) is 5.69 Å². The molecule has 1 heterocycles. The Hall–Kier alpha value is -4.15. The smallest absolute Gasteiger partial charge is 0.269 e. The predicted octanol–water partition coefficient (Wildman–Crippen LogP) is 6.50. The summed E-state index contributed by atoms with van der Waals surface area (Å²) in [5.41, 5.74) is 4.86. The Labute approximate surface area is 195 Å². The summed E-state index contributed by atoms with van der Waals surface area (Å²) in [6, 6.07) is 28.1. The van der Waals surface area contributed by atoms with Gasteiger partial charge in [0.05, 0.1) is 23.3 Å². The molecule has 162 valence electrons. The van der Waals surface area contributed by atoms with Gasteiger partial charge in [-0.05, 0) is 29.3 Å². The van der Waals surface area contributed by atoms with Crippen molar-refractivity contribution in [2.45, 2.75) is 10.8 Å². The second-order valence-corrected chi connectivity index (χ2v) is 8.12. The first-order valence-corrected chi connectivity index (χ1v) is 11.1. The van der Waals surface area contributed by atoms with Gasteiger partial charge in [-0.3, -0.25) is 10.1 Å². The second kappa shape index (κ2) is 9.98. The Morgan fingerprint density at radius 2 is 1.70 bits per heavy atom. The molecule has 1 aromatic heterocycles. The van der Waals surface area contributed by atoms with E-state index < -0.39 is 4.92 Å². The van der Waals surface area contributed by atoms with E-state index in [2.05, 4.69) is 6.07 Å². The molecule has 0 aliphatic heterocycles. The standard InChI is InChI=1S/C26H19N3O3S/c1-32-22-13-9-19(10-14-22)23-15-25(20-5-3-2-4-6-20)28-26(24(23)16-27)33-17-18-7-11-21(12-8-18)29(30)31/h2-15H,17H2,1H3. The highest BCUT2D eigenvalue weighted by molar-refractivity contribution is 7.98. The Kier molecular flexibility index (Phi) is 6.67. The van der Waals surface area contributed by atoms with Crippen molar-refractivity contribution in [3.05, 3.63) is 106 Å². The van der Waals surface area contributed by atoms with E-state index in [1.807, 2.05) is 60.7 Å². The zero-order valence-electron chi connectivity index (χ0n) is 17.8. The maximum absolute atomic E-state index is 10.9. The summed E-state index contributed by atoms with van der Waals surface area (Å²) in [4.78, 5) is 15.3. The summed E-state index contributed by atoms with van der Waals surface area (Å²) >= 11 is 1.44. The molecule has 0 radical (unpaired) electrons. The Morgan fingerprint density at radius 1 is 1.00 bits per heavy atom. The van der Waals surface area contributed by atoms with E-state index in [0.717, 1.165) is 33.7 Å². The number of ether oxygens (including phenoxy) is 1. The van der Waals surface area contributed by atoms with Gasteiger partial charge in [0.1, 0.15) is 16.8 Å². The molecule has 33 heavy (non-hydrogen) atoms. The third kappa shape index (κ3) is 5.03. The number of pyridine rings is 1. The van der Waals surface area contributed by atoms with Crippen LogP contribution in [0.5, 0.6) is 5.75 Å². The Bertz CT molecular complexity index is 1320. The number of nitriles is 1. The molecular weight excluding hydrogens is 434 g/mol. The molecule has 0 bridgehead atoms. The highest BCUT2D eigenvalue weighted by atomic mass is 32.2. The number of methoxy groups -OCH3 is 1. The van der Waals surface area contributed by atoms with Crippen molar-refractivity contribution in [2.75, 3.05) is 7.11 Å². The van der Waals surface area contributed by atoms with Crippen LogP contribution in [-0.2, 0) is 5.75 Å². The normalized spacial score (nSPS) is 10.4. The van der Waals surface area contributed by atoms with Gasteiger partial charge in [-0.25, -0.2) is 4.98 Å². The van der Waals surface area contributed by atoms with Crippen molar-refractivity contribution in [3.8, 4) is 34.2 Å². The first kappa shape index (κ1) is 22.1. The molecule has 0 aliphatic rings. The van der Waals surface area contributed by atoms with Crippen LogP contribution in [0.1, 0.15) is 11.1 Å². The average molecular weight is 454 g/mol. The highest BCUT2D eigenvalue weighted by Crippen LogP contribution is 2.36. The van der Waals surface area contributed by atoms with Gasteiger partial charge in [0.25, 0.3) is 5.69 Å². The van der Waals surface area contributed by atoms with Crippen molar-refractivity contribution in [1.29, 1.82) is 5.26 Å². The fraction of sp³-hybridized carbons (Fsp3) is 0.0769. The van der Waals surface area contributed by atoms with Crippen LogP contribution >= 0.6 is 11.8 Å². The zero-order chi connectivity index (χ0) is 23.2. The number of nitro groups is 1. The van der Waals surface area contributed by atoms with E-state index in [1.54, 1.807) is 19.2 Å². The van der Waals surface area contributed by atoms with Gasteiger partial charge < -0.3 is 4.74 Å². The van der Waals surface area contributed by atoms with Crippen LogP contribution in [-0.4, -0.2) is 17.0 Å². The molecule has 0 spiro atoms. The van der Waals surface area contributed by atoms with Crippen LogP contribution in [0.3, 0.4) is 0 Å². The quantitative estimate of drug-likeness (QED) is 0.180. The van der Waals surface area contributed by atoms with Gasteiger partial charge in [-0.2, -0.15) is 5.26 Å². The number of thioether (sulfide) groups is 1. The van der Waals surface area contributed by atoms with E-state index in [1.165, 1.54) is 23.9 Å². The summed E-state index contributed by atoms with van der Waals surface area (Å²) in [7, 11) is 1.61. The maximum Gasteiger partial charge on any atom is 0.269 e. The molecule has 0 saturated heterocycles. The van der Waals surface area contributed by atoms with Crippen molar-refractivity contribution in [1.82, 2.24) is 4.98 Å². The molecule has 4 rings (SSSR count). The molecule has 6 nitrogen and oxygen atoms in total. The van der Waals surface area contributed by atoms with Gasteiger partial charge in [0.2, 0.25) is 0 Å². The summed E-state index contributed by atoms with van der Waals surface area (Å²) in [5.74, 6) is 1.27. The van der Waals surface area contributed by atoms with Crippen LogP contribution in [0.25, 0.3) is 22.4 Å². The monoisotopic (exact) mass is 453 g/mol. The summed E-state index contributed by atoms with van der Waals surface area (Å²) in [6.07, 6.45) is 0. The fourth-order valence-electron chi connectivity index (χ4n) is 3.35. The molecular formula is C26H19N3O3S. The van der Waals surface area contributed by atoms with E-state index in [0.29, 0.717) is 16.3 Å². The minimum atomic E-state index is -0.420. The number of non-ortho nitro benzene ring substituents is 1. The maximum atomic E-state index is 10.9. The van der Waals surface area contributed by atoms with Crippen LogP contribution in [0, 0.1) is 21.4 Å². The molecule has 0 aliphatic carbocycles. The van der Waals surface area contributed by atoms with Crippen LogP contribution in [0.2, 0.25) is 0 Å². The molecule has 7 heteroatoms. The SMILES string of the molecule is COc1ccc(-c2cc(-c3ccccc3)nc(SCc3ccc([N+](=O)[O-])cc3)c2C#N)cc1. The van der Waals surface area contributed by atoms with Crippen LogP contribution in [0.15, 0.2) is 90.0 Å². The predicted molar refractivity (Wildman–Crippen MR) is 129 cm³/mol. The van der Waals surface area contributed by atoms with Gasteiger partial charge in [-0.15, -0.1) is 11.8 Å². The average Bonchev–Trinajstić information content (AvgIpc) is 2.87. The van der Waals surface area contributed by atoms with Gasteiger partial charge >= 0.3 is 0 Å². The number of benzene rings is 3. The minimum Gasteiger partial charge on any atom is -0.497 e. The molecule has 0 N–H and O–H groups in total. The molecule has 0 atom stereocenters. The van der Waals surface area contributed by atoms with Crippen molar-refractivity contribution >= 4 is 17.4 Å². The first-order valence-electron chi connectivity index (χ1n) is 10.1. The topological polar surface area (TPSA) is 89.1 Å². The molecule has 0 unspecified atom stereocenters. The van der Waals surface area contributed by atoms with E-state index in [4.69, 9.17) is 9.72 Å². The van der Waals surface area contributed by atoms with Crippen LogP contribution in [0.4, 0.5) is 5.69 Å². The van der Waals surface area contributed by atoms with E-state index in [9.17, 15) is 15.4 Å². The van der Waals surface area contributed by atoms with Crippen LogP contribution < -0.4 is 4.74 Å². The number of aromatic nitrogens is 1. The molecule has 3 aromatic carbocycles. The van der Waals surface area contributed by atoms with Crippen molar-refractivity contribution < 1.29 is 9.66 Å². The lowest BCUT2D eigenvalue weighted by molar-refractivity contribution is -0.384. The number of nitrogens with zero attached hydrogens (tertiary/aromatic N) is 3. The lowest BCUT2D eigenvalue weighted by atomic mass is 9.99. The number of nitro benzene ring substituents is 1. The fourth-order valence-corrected chi connectivity index (χ4v) is 4.31. The van der Waals surface area contributed by atoms with Gasteiger partial charge in [0, 0.05) is 29.0 Å². The molecule has 0 fully saturated rings. The van der Waals surface area contributed by atoms with Crippen molar-refractivity contribution in [3.63, 3.8) is 0 Å². The molecule has 0 saturated carbocycles. The number of rotatable bonds is 7. The Morgan fingerprint density at radius 3 is 2.30 bits per heavy atom. The highest BCUT2D eigenvalue weighted by Gasteiger charge is 2.16. The first-order chi connectivity index (χ1) is 16.1. The largest absolute Gasteiger partial charge is 0.497 e. The third-order valence-electron chi connectivity index (χ3n) is 5.09. The van der Waals surface area contributed by atoms with Crippen molar-refractivity contribution in [2.24, 2.45) is 0 Å². The third-order valence-corrected chi connectivity index (χ3v) is 6.14. The lowest BCUT2D eigenvalue weighted by Crippen LogP contribution is -1.96. The van der Waals surface area contributed by atoms with Gasteiger partial charge in [-0.1, -0.05) is 54.6 Å². The Balaban J connectivity index is 1.75. The number of hydrogen-bond acceptors (Lipinski definition) is 6. The lowest BCUT2D eigenvalue weighted by Gasteiger charge is -2.13. The van der Waals surface area contributed by atoms with E-state index >= 15 is 0 Å². The minimum absolute atomic E-state index is 0.0486. The zero-order valence-corrected chi connectivity index (χ0v) is 18.6. The second-order valence-electron chi connectivity index (χ2n) is 7.15. The summed E-state index contributed by atoms with van der Waals surface area (Å²) in [6.45, 7) is 0.